The van der Waals surface area contributed by atoms with Crippen LogP contribution in [0.2, 0.25) is 0 Å². The van der Waals surface area contributed by atoms with Gasteiger partial charge in [-0.05, 0) is 50.1 Å². The van der Waals surface area contributed by atoms with Crippen LogP contribution in [0.4, 0.5) is 24.5 Å². The van der Waals surface area contributed by atoms with Crippen molar-refractivity contribution in [1.82, 2.24) is 9.88 Å². The summed E-state index contributed by atoms with van der Waals surface area (Å²) in [6.07, 6.45) is -3.44. The van der Waals surface area contributed by atoms with E-state index in [4.69, 9.17) is 19.9 Å². The van der Waals surface area contributed by atoms with Crippen molar-refractivity contribution in [3.05, 3.63) is 77.4 Å². The van der Waals surface area contributed by atoms with Crippen molar-refractivity contribution in [2.75, 3.05) is 31.8 Å². The van der Waals surface area contributed by atoms with E-state index in [-0.39, 0.29) is 46.7 Å². The molecule has 0 spiro atoms. The number of rotatable bonds is 10. The molecule has 1 unspecified atom stereocenters. The lowest BCUT2D eigenvalue weighted by Gasteiger charge is -2.23. The van der Waals surface area contributed by atoms with Gasteiger partial charge in [0, 0.05) is 24.7 Å². The number of hydrogen-bond donors (Lipinski definition) is 2. The predicted octanol–water partition coefficient (Wildman–Crippen LogP) is 6.52. The fourth-order valence-electron chi connectivity index (χ4n) is 5.07. The summed E-state index contributed by atoms with van der Waals surface area (Å²) in [4.78, 5) is 31.5. The Kier molecular flexibility index (Phi) is 8.03. The number of benzene rings is 3. The number of nitrogens with zero attached hydrogens (tertiary/aromatic N) is 2. The largest absolute Gasteiger partial charge is 0.493 e. The highest BCUT2D eigenvalue weighted by Crippen LogP contribution is 2.46. The average Bonchev–Trinajstić information content (AvgIpc) is 3.24. The first-order valence-electron chi connectivity index (χ1n) is 13.4. The fraction of sp³-hybridized carbons (Fsp3) is 0.258. The van der Waals surface area contributed by atoms with Gasteiger partial charge in [0.25, 0.3) is 11.8 Å². The van der Waals surface area contributed by atoms with Crippen molar-refractivity contribution in [2.45, 2.75) is 32.0 Å². The zero-order valence-electron chi connectivity index (χ0n) is 23.6. The summed E-state index contributed by atoms with van der Waals surface area (Å²) in [7, 11) is 2.84. The van der Waals surface area contributed by atoms with Gasteiger partial charge in [-0.15, -0.1) is 0 Å². The number of nitrogen functional groups attached to an aromatic ring is 1. The first-order valence-corrected chi connectivity index (χ1v) is 13.4. The molecular weight excluding hydrogens is 565 g/mol. The molecule has 4 aromatic rings. The molecule has 12 heteroatoms. The van der Waals surface area contributed by atoms with Crippen LogP contribution in [-0.2, 0) is 6.18 Å². The van der Waals surface area contributed by atoms with Gasteiger partial charge in [0.1, 0.15) is 11.3 Å². The molecule has 1 aliphatic heterocycles. The number of carbonyl (C=O) groups is 2. The van der Waals surface area contributed by atoms with Gasteiger partial charge in [-0.2, -0.15) is 13.2 Å². The molecular formula is C31H29F3N4O5. The smallest absolute Gasteiger partial charge is 0.416 e. The first kappa shape index (κ1) is 29.5. The molecule has 1 aliphatic rings. The number of anilines is 2. The van der Waals surface area contributed by atoms with Crippen LogP contribution in [-0.4, -0.2) is 48.5 Å². The molecule has 1 atom stereocenters. The summed E-state index contributed by atoms with van der Waals surface area (Å²) in [6.45, 7) is 2.26. The van der Waals surface area contributed by atoms with Gasteiger partial charge in [-0.3, -0.25) is 14.5 Å². The Morgan fingerprint density at radius 2 is 1.67 bits per heavy atom. The Morgan fingerprint density at radius 1 is 0.977 bits per heavy atom. The van der Waals surface area contributed by atoms with Crippen LogP contribution in [0, 0.1) is 0 Å². The number of nitrogens with one attached hydrogen (secondary N) is 1. The lowest BCUT2D eigenvalue weighted by atomic mass is 10.1. The van der Waals surface area contributed by atoms with Crippen LogP contribution in [0.3, 0.4) is 0 Å². The summed E-state index contributed by atoms with van der Waals surface area (Å²) in [5.41, 5.74) is 7.40. The number of alkyl halides is 3. The number of fused-ring (bicyclic) bond motifs is 2. The Hall–Kier alpha value is -5.00. The molecule has 43 heavy (non-hydrogen) atoms. The van der Waals surface area contributed by atoms with Crippen molar-refractivity contribution in [3.8, 4) is 23.1 Å². The van der Waals surface area contributed by atoms with E-state index in [0.717, 1.165) is 12.1 Å². The predicted molar refractivity (Wildman–Crippen MR) is 155 cm³/mol. The summed E-state index contributed by atoms with van der Waals surface area (Å²) >= 11 is 0. The quantitative estimate of drug-likeness (QED) is 0.157. The molecule has 2 heterocycles. The van der Waals surface area contributed by atoms with E-state index in [1.54, 1.807) is 30.3 Å². The molecule has 3 N–H and O–H groups in total. The zero-order chi connectivity index (χ0) is 30.9. The highest BCUT2D eigenvalue weighted by atomic mass is 19.4. The van der Waals surface area contributed by atoms with E-state index in [2.05, 4.69) is 10.3 Å². The second-order valence-corrected chi connectivity index (χ2v) is 10.0. The summed E-state index contributed by atoms with van der Waals surface area (Å²) in [6, 6.07) is 14.0. The standard InChI is InChI=1S/C31H29F3N4O5/c1-17(38-29(39)20-11-4-5-12-21(20)30(38)40)8-7-13-36-23-16-24(41-2)28(26-22(35)15-25(42-3)37-27(23)26)43-19-10-6-9-18(14-19)31(32,33)34/h4-6,9-12,14-17,36H,7-8,13H2,1-3H3,(H2,35,37). The van der Waals surface area contributed by atoms with E-state index in [9.17, 15) is 22.8 Å². The zero-order valence-corrected chi connectivity index (χ0v) is 23.6. The van der Waals surface area contributed by atoms with Crippen LogP contribution >= 0.6 is 0 Å². The third kappa shape index (κ3) is 5.72. The molecule has 9 nitrogen and oxygen atoms in total. The molecule has 0 saturated carbocycles. The second-order valence-electron chi connectivity index (χ2n) is 10.0. The molecule has 0 radical (unpaired) electrons. The molecule has 1 aromatic heterocycles. The van der Waals surface area contributed by atoms with Crippen molar-refractivity contribution in [2.24, 2.45) is 0 Å². The van der Waals surface area contributed by atoms with Crippen molar-refractivity contribution in [1.29, 1.82) is 0 Å². The van der Waals surface area contributed by atoms with Gasteiger partial charge in [0.2, 0.25) is 5.88 Å². The van der Waals surface area contributed by atoms with Gasteiger partial charge < -0.3 is 25.3 Å². The molecule has 0 bridgehead atoms. The number of imide groups is 1. The normalized spacial score (nSPS) is 13.7. The number of aromatic nitrogens is 1. The van der Waals surface area contributed by atoms with Crippen LogP contribution < -0.4 is 25.3 Å². The maximum atomic E-state index is 13.3. The number of halogens is 3. The van der Waals surface area contributed by atoms with Crippen LogP contribution in [0.5, 0.6) is 23.1 Å². The third-order valence-corrected chi connectivity index (χ3v) is 7.20. The number of ether oxygens (including phenoxy) is 3. The van der Waals surface area contributed by atoms with Crippen LogP contribution in [0.25, 0.3) is 10.9 Å². The second kappa shape index (κ2) is 11.7. The highest BCUT2D eigenvalue weighted by molar-refractivity contribution is 6.21. The maximum Gasteiger partial charge on any atom is 0.416 e. The monoisotopic (exact) mass is 594 g/mol. The van der Waals surface area contributed by atoms with Gasteiger partial charge in [0.05, 0.1) is 47.7 Å². The minimum absolute atomic E-state index is 0.0625. The van der Waals surface area contributed by atoms with E-state index in [1.807, 2.05) is 6.92 Å². The van der Waals surface area contributed by atoms with Crippen molar-refractivity contribution < 1.29 is 37.0 Å². The summed E-state index contributed by atoms with van der Waals surface area (Å²) in [5, 5.41) is 3.62. The van der Waals surface area contributed by atoms with Crippen molar-refractivity contribution >= 4 is 34.1 Å². The molecule has 5 rings (SSSR count). The van der Waals surface area contributed by atoms with E-state index in [0.29, 0.717) is 47.1 Å². The number of pyridine rings is 1. The maximum absolute atomic E-state index is 13.3. The van der Waals surface area contributed by atoms with Gasteiger partial charge in [-0.1, -0.05) is 18.2 Å². The lowest BCUT2D eigenvalue weighted by molar-refractivity contribution is -0.137. The number of hydrogen-bond acceptors (Lipinski definition) is 8. The Morgan fingerprint density at radius 3 is 2.30 bits per heavy atom. The highest BCUT2D eigenvalue weighted by Gasteiger charge is 2.37. The lowest BCUT2D eigenvalue weighted by Crippen LogP contribution is -2.38. The van der Waals surface area contributed by atoms with E-state index in [1.165, 1.54) is 37.3 Å². The first-order chi connectivity index (χ1) is 20.5. The van der Waals surface area contributed by atoms with Crippen molar-refractivity contribution in [3.63, 3.8) is 0 Å². The van der Waals surface area contributed by atoms with Gasteiger partial charge in [-0.25, -0.2) is 4.98 Å². The summed E-state index contributed by atoms with van der Waals surface area (Å²) < 4.78 is 56.8. The van der Waals surface area contributed by atoms with Crippen LogP contribution in [0.15, 0.2) is 60.7 Å². The van der Waals surface area contributed by atoms with Crippen LogP contribution in [0.1, 0.15) is 46.0 Å². The Bertz CT molecular complexity index is 1670. The third-order valence-electron chi connectivity index (χ3n) is 7.20. The number of nitrogens with two attached hydrogens (primary N) is 1. The average molecular weight is 595 g/mol. The SMILES string of the molecule is COc1cc(N)c2c(Oc3cccc(C(F)(F)F)c3)c(OC)cc(NCCCC(C)N3C(=O)c4ccccc4C3=O)c2n1. The van der Waals surface area contributed by atoms with Gasteiger partial charge >= 0.3 is 6.18 Å². The number of carbonyl (C=O) groups excluding carboxylic acids is 2. The topological polar surface area (TPSA) is 116 Å². The molecule has 3 aromatic carbocycles. The molecule has 0 aliphatic carbocycles. The number of amides is 2. The molecule has 0 fully saturated rings. The molecule has 2 amide bonds. The molecule has 224 valence electrons. The number of methoxy groups -OCH3 is 2. The van der Waals surface area contributed by atoms with E-state index < -0.39 is 11.7 Å². The minimum atomic E-state index is -4.55. The van der Waals surface area contributed by atoms with Gasteiger partial charge in [0.15, 0.2) is 11.5 Å². The Labute approximate surface area is 245 Å². The fourth-order valence-corrected chi connectivity index (χ4v) is 5.07. The molecule has 0 saturated heterocycles. The Balaban J connectivity index is 1.39. The van der Waals surface area contributed by atoms with E-state index >= 15 is 0 Å². The summed E-state index contributed by atoms with van der Waals surface area (Å²) in [5.74, 6) is -0.144. The minimum Gasteiger partial charge on any atom is -0.493 e.